The molecule has 1 aromatic rings. The van der Waals surface area contributed by atoms with Crippen LogP contribution in [-0.4, -0.2) is 0 Å². The monoisotopic (exact) mass is 189 g/mol. The summed E-state index contributed by atoms with van der Waals surface area (Å²) in [7, 11) is 0. The fourth-order valence-electron chi connectivity index (χ4n) is 2.60. The van der Waals surface area contributed by atoms with Gasteiger partial charge < -0.3 is 5.73 Å². The number of benzene rings is 1. The molecule has 2 rings (SSSR count). The van der Waals surface area contributed by atoms with Gasteiger partial charge in [-0.3, -0.25) is 0 Å². The van der Waals surface area contributed by atoms with Gasteiger partial charge in [0.2, 0.25) is 0 Å². The van der Waals surface area contributed by atoms with Crippen molar-refractivity contribution in [1.82, 2.24) is 0 Å². The maximum absolute atomic E-state index is 6.48. The Kier molecular flexibility index (Phi) is 1.97. The van der Waals surface area contributed by atoms with Crippen molar-refractivity contribution in [3.8, 4) is 0 Å². The highest BCUT2D eigenvalue weighted by Gasteiger charge is 2.47. The van der Waals surface area contributed by atoms with Crippen LogP contribution in [0.3, 0.4) is 0 Å². The van der Waals surface area contributed by atoms with E-state index in [1.807, 2.05) is 0 Å². The summed E-state index contributed by atoms with van der Waals surface area (Å²) in [6, 6.07) is 8.58. The van der Waals surface area contributed by atoms with E-state index in [-0.39, 0.29) is 11.0 Å². The summed E-state index contributed by atoms with van der Waals surface area (Å²) in [5, 5.41) is 0. The lowest BCUT2D eigenvalue weighted by Gasteiger charge is -2.38. The number of hydrogen-bond acceptors (Lipinski definition) is 1. The van der Waals surface area contributed by atoms with Gasteiger partial charge in [-0.2, -0.15) is 0 Å². The van der Waals surface area contributed by atoms with E-state index >= 15 is 0 Å². The zero-order valence-corrected chi connectivity index (χ0v) is 9.30. The van der Waals surface area contributed by atoms with E-state index < -0.39 is 0 Å². The molecule has 1 nitrogen and oxygen atoms in total. The van der Waals surface area contributed by atoms with Crippen molar-refractivity contribution in [2.45, 2.75) is 39.2 Å². The molecular weight excluding hydrogens is 170 g/mol. The smallest absolute Gasteiger partial charge is 0.0441 e. The zero-order chi connectivity index (χ0) is 10.4. The predicted molar refractivity (Wildman–Crippen MR) is 60.1 cm³/mol. The molecule has 0 unspecified atom stereocenters. The Hall–Kier alpha value is -0.820. The highest BCUT2D eigenvalue weighted by Crippen LogP contribution is 2.49. The van der Waals surface area contributed by atoms with Gasteiger partial charge in [0.25, 0.3) is 0 Å². The molecule has 0 heterocycles. The Morgan fingerprint density at radius 3 is 2.50 bits per heavy atom. The Morgan fingerprint density at radius 1 is 1.29 bits per heavy atom. The molecule has 1 aromatic carbocycles. The first-order chi connectivity index (χ1) is 6.51. The number of hydrogen-bond donors (Lipinski definition) is 1. The molecule has 1 heteroatoms. The molecule has 2 N–H and O–H groups in total. The van der Waals surface area contributed by atoms with E-state index in [1.165, 1.54) is 11.1 Å². The second kappa shape index (κ2) is 2.83. The minimum atomic E-state index is -0.168. The quantitative estimate of drug-likeness (QED) is 0.722. The van der Waals surface area contributed by atoms with Crippen LogP contribution in [0.15, 0.2) is 24.3 Å². The normalized spacial score (nSPS) is 35.7. The molecule has 14 heavy (non-hydrogen) atoms. The van der Waals surface area contributed by atoms with Crippen molar-refractivity contribution >= 4 is 0 Å². The Bertz CT molecular complexity index is 354. The molecule has 0 aromatic heterocycles. The molecule has 0 bridgehead atoms. The van der Waals surface area contributed by atoms with Crippen LogP contribution in [0.25, 0.3) is 0 Å². The van der Waals surface area contributed by atoms with E-state index in [4.69, 9.17) is 5.73 Å². The van der Waals surface area contributed by atoms with E-state index in [9.17, 15) is 0 Å². The summed E-state index contributed by atoms with van der Waals surface area (Å²) < 4.78 is 0. The minimum Gasteiger partial charge on any atom is -0.321 e. The van der Waals surface area contributed by atoms with Gasteiger partial charge in [-0.05, 0) is 36.3 Å². The summed E-state index contributed by atoms with van der Waals surface area (Å²) in [5.41, 5.74) is 9.30. The largest absolute Gasteiger partial charge is 0.321 e. The number of fused-ring (bicyclic) bond motifs is 1. The Morgan fingerprint density at radius 2 is 1.93 bits per heavy atom. The third-order valence-electron chi connectivity index (χ3n) is 4.19. The SMILES string of the molecule is CC[C@@]1(C)Cc2ccccc2[C@@]1(C)N. The van der Waals surface area contributed by atoms with Crippen LogP contribution < -0.4 is 5.73 Å². The molecule has 1 aliphatic rings. The second-order valence-corrected chi connectivity index (χ2v) is 4.95. The first-order valence-corrected chi connectivity index (χ1v) is 5.38. The standard InChI is InChI=1S/C13H19N/c1-4-12(2)9-10-7-5-6-8-11(10)13(12,3)14/h5-8H,4,9,14H2,1-3H3/t12-,13+/m0/s1. The third-order valence-corrected chi connectivity index (χ3v) is 4.19. The third kappa shape index (κ3) is 1.05. The van der Waals surface area contributed by atoms with Crippen molar-refractivity contribution < 1.29 is 0 Å². The van der Waals surface area contributed by atoms with Crippen LogP contribution in [0, 0.1) is 5.41 Å². The lowest BCUT2D eigenvalue weighted by atomic mass is 9.71. The van der Waals surface area contributed by atoms with Crippen LogP contribution in [-0.2, 0) is 12.0 Å². The van der Waals surface area contributed by atoms with Gasteiger partial charge in [0, 0.05) is 5.54 Å². The van der Waals surface area contributed by atoms with Crippen molar-refractivity contribution in [3.05, 3.63) is 35.4 Å². The summed E-state index contributed by atoms with van der Waals surface area (Å²) >= 11 is 0. The van der Waals surface area contributed by atoms with Crippen molar-refractivity contribution in [2.75, 3.05) is 0 Å². The first kappa shape index (κ1) is 9.72. The maximum atomic E-state index is 6.48. The molecule has 0 fully saturated rings. The van der Waals surface area contributed by atoms with Crippen LogP contribution in [0.1, 0.15) is 38.3 Å². The molecule has 0 saturated carbocycles. The molecule has 0 radical (unpaired) electrons. The molecule has 0 amide bonds. The summed E-state index contributed by atoms with van der Waals surface area (Å²) in [4.78, 5) is 0. The molecule has 76 valence electrons. The predicted octanol–water partition coefficient (Wildman–Crippen LogP) is 2.83. The van der Waals surface area contributed by atoms with Crippen LogP contribution in [0.2, 0.25) is 0 Å². The fraction of sp³-hybridized carbons (Fsp3) is 0.538. The lowest BCUT2D eigenvalue weighted by molar-refractivity contribution is 0.175. The van der Waals surface area contributed by atoms with Gasteiger partial charge in [0.15, 0.2) is 0 Å². The molecule has 2 atom stereocenters. The molecular formula is C13H19N. The Balaban J connectivity index is 2.56. The van der Waals surface area contributed by atoms with Crippen molar-refractivity contribution in [3.63, 3.8) is 0 Å². The van der Waals surface area contributed by atoms with Crippen LogP contribution >= 0.6 is 0 Å². The van der Waals surface area contributed by atoms with Gasteiger partial charge in [-0.25, -0.2) is 0 Å². The highest BCUT2D eigenvalue weighted by atomic mass is 14.8. The fourth-order valence-corrected chi connectivity index (χ4v) is 2.60. The van der Waals surface area contributed by atoms with Crippen molar-refractivity contribution in [1.29, 1.82) is 0 Å². The zero-order valence-electron chi connectivity index (χ0n) is 9.30. The maximum Gasteiger partial charge on any atom is 0.0441 e. The summed E-state index contributed by atoms with van der Waals surface area (Å²) in [5.74, 6) is 0. The van der Waals surface area contributed by atoms with E-state index in [2.05, 4.69) is 45.0 Å². The summed E-state index contributed by atoms with van der Waals surface area (Å²) in [6.45, 7) is 6.70. The minimum absolute atomic E-state index is 0.168. The number of nitrogens with two attached hydrogens (primary N) is 1. The van der Waals surface area contributed by atoms with Gasteiger partial charge in [0.1, 0.15) is 0 Å². The van der Waals surface area contributed by atoms with Crippen molar-refractivity contribution in [2.24, 2.45) is 11.1 Å². The van der Waals surface area contributed by atoms with Gasteiger partial charge in [0.05, 0.1) is 0 Å². The first-order valence-electron chi connectivity index (χ1n) is 5.38. The molecule has 1 aliphatic carbocycles. The molecule has 0 spiro atoms. The average Bonchev–Trinajstić information content (AvgIpc) is 2.37. The van der Waals surface area contributed by atoms with E-state index in [0.29, 0.717) is 0 Å². The average molecular weight is 189 g/mol. The van der Waals surface area contributed by atoms with Gasteiger partial charge >= 0.3 is 0 Å². The van der Waals surface area contributed by atoms with Gasteiger partial charge in [-0.15, -0.1) is 0 Å². The van der Waals surface area contributed by atoms with Crippen LogP contribution in [0.4, 0.5) is 0 Å². The van der Waals surface area contributed by atoms with Crippen LogP contribution in [0.5, 0.6) is 0 Å². The lowest BCUT2D eigenvalue weighted by Crippen LogP contribution is -2.45. The van der Waals surface area contributed by atoms with Gasteiger partial charge in [-0.1, -0.05) is 38.1 Å². The molecule has 0 aliphatic heterocycles. The number of rotatable bonds is 1. The second-order valence-electron chi connectivity index (χ2n) is 4.95. The molecule has 0 saturated heterocycles. The topological polar surface area (TPSA) is 26.0 Å². The van der Waals surface area contributed by atoms with E-state index in [0.717, 1.165) is 12.8 Å². The summed E-state index contributed by atoms with van der Waals surface area (Å²) in [6.07, 6.45) is 2.25. The van der Waals surface area contributed by atoms with E-state index in [1.54, 1.807) is 0 Å². The highest BCUT2D eigenvalue weighted by molar-refractivity contribution is 5.41. The Labute approximate surface area is 86.3 Å².